The van der Waals surface area contributed by atoms with Gasteiger partial charge in [-0.05, 0) is 38.2 Å². The van der Waals surface area contributed by atoms with Gasteiger partial charge in [-0.2, -0.15) is 0 Å². The quantitative estimate of drug-likeness (QED) is 0.661. The first-order valence-electron chi connectivity index (χ1n) is 7.97. The summed E-state index contributed by atoms with van der Waals surface area (Å²) in [5.74, 6) is 1.01. The Morgan fingerprint density at radius 3 is 2.76 bits per heavy atom. The van der Waals surface area contributed by atoms with Crippen molar-refractivity contribution in [3.8, 4) is 0 Å². The van der Waals surface area contributed by atoms with Crippen molar-refractivity contribution in [3.05, 3.63) is 35.4 Å². The number of hydrogen-bond acceptors (Lipinski definition) is 2. The van der Waals surface area contributed by atoms with Gasteiger partial charge in [0.25, 0.3) is 0 Å². The van der Waals surface area contributed by atoms with Gasteiger partial charge in [-0.25, -0.2) is 0 Å². The zero-order valence-corrected chi connectivity index (χ0v) is 12.7. The van der Waals surface area contributed by atoms with Gasteiger partial charge in [0.05, 0.1) is 6.10 Å². The fraction of sp³-hybridized carbons (Fsp3) is 0.588. The number of nitrogens with zero attached hydrogens (tertiary/aromatic N) is 1. The van der Waals surface area contributed by atoms with Crippen LogP contribution >= 0.6 is 0 Å². The molecule has 21 heavy (non-hydrogen) atoms. The second-order valence-electron chi connectivity index (χ2n) is 6.25. The van der Waals surface area contributed by atoms with E-state index in [-0.39, 0.29) is 6.10 Å². The molecule has 1 saturated carbocycles. The molecule has 0 aromatic heterocycles. The van der Waals surface area contributed by atoms with Gasteiger partial charge >= 0.3 is 0 Å². The van der Waals surface area contributed by atoms with Crippen LogP contribution in [-0.4, -0.2) is 25.2 Å². The Morgan fingerprint density at radius 2 is 2.05 bits per heavy atom. The van der Waals surface area contributed by atoms with Crippen molar-refractivity contribution in [2.45, 2.75) is 44.8 Å². The van der Waals surface area contributed by atoms with E-state index in [1.165, 1.54) is 24.0 Å². The van der Waals surface area contributed by atoms with Gasteiger partial charge in [-0.3, -0.25) is 4.99 Å². The summed E-state index contributed by atoms with van der Waals surface area (Å²) in [6.07, 6.45) is 4.85. The molecule has 0 spiro atoms. The summed E-state index contributed by atoms with van der Waals surface area (Å²) in [5.41, 5.74) is 8.47. The van der Waals surface area contributed by atoms with Crippen LogP contribution in [0.2, 0.25) is 0 Å². The van der Waals surface area contributed by atoms with Crippen LogP contribution in [-0.2, 0) is 4.74 Å². The minimum atomic E-state index is 0.150. The Labute approximate surface area is 126 Å². The number of rotatable bonds is 4. The molecular formula is C17H25N3O. The molecule has 4 nitrogen and oxygen atoms in total. The normalized spacial score (nSPS) is 26.6. The largest absolute Gasteiger partial charge is 0.373 e. The van der Waals surface area contributed by atoms with Crippen molar-refractivity contribution in [1.82, 2.24) is 5.32 Å². The van der Waals surface area contributed by atoms with E-state index >= 15 is 0 Å². The molecular weight excluding hydrogens is 262 g/mol. The van der Waals surface area contributed by atoms with Crippen molar-refractivity contribution < 1.29 is 4.74 Å². The van der Waals surface area contributed by atoms with Crippen LogP contribution in [0.3, 0.4) is 0 Å². The van der Waals surface area contributed by atoms with Crippen molar-refractivity contribution in [2.75, 3.05) is 13.2 Å². The van der Waals surface area contributed by atoms with Crippen molar-refractivity contribution in [2.24, 2.45) is 16.6 Å². The SMILES string of the molecule is Cc1ccc(C2OCCCC2CN=C(N)NC2CC2)cc1. The molecule has 4 heteroatoms. The first-order chi connectivity index (χ1) is 10.2. The molecule has 2 fully saturated rings. The van der Waals surface area contributed by atoms with Crippen LogP contribution in [0, 0.1) is 12.8 Å². The van der Waals surface area contributed by atoms with Crippen LogP contribution in [0.5, 0.6) is 0 Å². The molecule has 1 saturated heterocycles. The van der Waals surface area contributed by atoms with Crippen LogP contribution in [0.15, 0.2) is 29.3 Å². The van der Waals surface area contributed by atoms with E-state index in [0.29, 0.717) is 17.9 Å². The standard InChI is InChI=1S/C17H25N3O/c1-12-4-6-13(7-5-12)16-14(3-2-10-21-16)11-19-17(18)20-15-8-9-15/h4-7,14-16H,2-3,8-11H2,1H3,(H3,18,19,20). The van der Waals surface area contributed by atoms with E-state index in [9.17, 15) is 0 Å². The minimum absolute atomic E-state index is 0.150. The zero-order chi connectivity index (χ0) is 14.7. The lowest BCUT2D eigenvalue weighted by atomic mass is 9.89. The highest BCUT2D eigenvalue weighted by molar-refractivity contribution is 5.78. The average Bonchev–Trinajstić information content (AvgIpc) is 3.30. The molecule has 0 bridgehead atoms. The summed E-state index contributed by atoms with van der Waals surface area (Å²) in [6, 6.07) is 9.21. The second kappa shape index (κ2) is 6.48. The molecule has 2 unspecified atom stereocenters. The Kier molecular flexibility index (Phi) is 4.44. The summed E-state index contributed by atoms with van der Waals surface area (Å²) in [4.78, 5) is 4.52. The van der Waals surface area contributed by atoms with E-state index in [0.717, 1.165) is 26.0 Å². The summed E-state index contributed by atoms with van der Waals surface area (Å²) in [7, 11) is 0. The van der Waals surface area contributed by atoms with Crippen LogP contribution < -0.4 is 11.1 Å². The summed E-state index contributed by atoms with van der Waals surface area (Å²) in [5, 5.41) is 3.24. The van der Waals surface area contributed by atoms with Gasteiger partial charge in [-0.15, -0.1) is 0 Å². The highest BCUT2D eigenvalue weighted by Crippen LogP contribution is 2.34. The van der Waals surface area contributed by atoms with E-state index < -0.39 is 0 Å². The first-order valence-corrected chi connectivity index (χ1v) is 7.97. The molecule has 3 N–H and O–H groups in total. The molecule has 0 amide bonds. The van der Waals surface area contributed by atoms with Crippen molar-refractivity contribution in [3.63, 3.8) is 0 Å². The topological polar surface area (TPSA) is 59.6 Å². The molecule has 2 atom stereocenters. The Hall–Kier alpha value is -1.55. The molecule has 114 valence electrons. The van der Waals surface area contributed by atoms with E-state index in [1.54, 1.807) is 0 Å². The highest BCUT2D eigenvalue weighted by atomic mass is 16.5. The fourth-order valence-electron chi connectivity index (χ4n) is 2.85. The third kappa shape index (κ3) is 3.97. The first kappa shape index (κ1) is 14.4. The maximum atomic E-state index is 6.01. The third-order valence-electron chi connectivity index (χ3n) is 4.28. The molecule has 1 heterocycles. The monoisotopic (exact) mass is 287 g/mol. The van der Waals surface area contributed by atoms with E-state index in [1.807, 2.05) is 0 Å². The third-order valence-corrected chi connectivity index (χ3v) is 4.28. The van der Waals surface area contributed by atoms with Gasteiger partial charge in [0.15, 0.2) is 5.96 Å². The molecule has 2 aliphatic rings. The average molecular weight is 287 g/mol. The van der Waals surface area contributed by atoms with Gasteiger partial charge in [0, 0.05) is 25.1 Å². The van der Waals surface area contributed by atoms with E-state index in [2.05, 4.69) is 41.5 Å². The van der Waals surface area contributed by atoms with E-state index in [4.69, 9.17) is 10.5 Å². The molecule has 1 aliphatic carbocycles. The van der Waals surface area contributed by atoms with Gasteiger partial charge in [0.2, 0.25) is 0 Å². The van der Waals surface area contributed by atoms with Crippen LogP contribution in [0.1, 0.15) is 42.9 Å². The molecule has 1 aromatic carbocycles. The van der Waals surface area contributed by atoms with Crippen molar-refractivity contribution in [1.29, 1.82) is 0 Å². The highest BCUT2D eigenvalue weighted by Gasteiger charge is 2.27. The lowest BCUT2D eigenvalue weighted by Gasteiger charge is -2.31. The number of ether oxygens (including phenoxy) is 1. The summed E-state index contributed by atoms with van der Waals surface area (Å²) in [6.45, 7) is 3.69. The maximum Gasteiger partial charge on any atom is 0.188 e. The lowest BCUT2D eigenvalue weighted by Crippen LogP contribution is -2.34. The number of nitrogens with one attached hydrogen (secondary N) is 1. The Bertz CT molecular complexity index is 493. The Morgan fingerprint density at radius 1 is 1.29 bits per heavy atom. The molecule has 1 aliphatic heterocycles. The molecule has 0 radical (unpaired) electrons. The van der Waals surface area contributed by atoms with Gasteiger partial charge < -0.3 is 15.8 Å². The molecule has 3 rings (SSSR count). The van der Waals surface area contributed by atoms with Gasteiger partial charge in [-0.1, -0.05) is 29.8 Å². The number of aliphatic imine (C=N–C) groups is 1. The number of nitrogens with two attached hydrogens (primary N) is 1. The number of hydrogen-bond donors (Lipinski definition) is 2. The minimum Gasteiger partial charge on any atom is -0.373 e. The Balaban J connectivity index is 1.64. The zero-order valence-electron chi connectivity index (χ0n) is 12.7. The predicted molar refractivity (Wildman–Crippen MR) is 85.2 cm³/mol. The molecule has 1 aromatic rings. The van der Waals surface area contributed by atoms with Crippen LogP contribution in [0.25, 0.3) is 0 Å². The van der Waals surface area contributed by atoms with Crippen LogP contribution in [0.4, 0.5) is 0 Å². The summed E-state index contributed by atoms with van der Waals surface area (Å²) >= 11 is 0. The predicted octanol–water partition coefficient (Wildman–Crippen LogP) is 2.53. The maximum absolute atomic E-state index is 6.01. The smallest absolute Gasteiger partial charge is 0.188 e. The number of benzene rings is 1. The lowest BCUT2D eigenvalue weighted by molar-refractivity contribution is -0.0250. The summed E-state index contributed by atoms with van der Waals surface area (Å²) < 4.78 is 6.01. The van der Waals surface area contributed by atoms with Crippen molar-refractivity contribution >= 4 is 5.96 Å². The fourth-order valence-corrected chi connectivity index (χ4v) is 2.85. The number of aryl methyl sites for hydroxylation is 1. The van der Waals surface area contributed by atoms with Gasteiger partial charge in [0.1, 0.15) is 0 Å². The number of guanidine groups is 1. The second-order valence-corrected chi connectivity index (χ2v) is 6.25.